The molecular weight excluding hydrogens is 458 g/mol. The highest BCUT2D eigenvalue weighted by Gasteiger charge is 2.28. The minimum Gasteiger partial charge on any atom is -0.373 e. The van der Waals surface area contributed by atoms with Gasteiger partial charge in [0.05, 0.1) is 0 Å². The first kappa shape index (κ1) is 22.3. The molecule has 2 aliphatic heterocycles. The van der Waals surface area contributed by atoms with Crippen LogP contribution in [0.4, 0.5) is 0 Å². The van der Waals surface area contributed by atoms with E-state index in [1.807, 2.05) is 36.4 Å². The van der Waals surface area contributed by atoms with E-state index in [1.165, 1.54) is 24.8 Å². The fraction of sp³-hybridized carbons (Fsp3) is 0.417. The Balaban J connectivity index is 1.54. The zero-order chi connectivity index (χ0) is 21.1. The minimum atomic E-state index is 0.426. The summed E-state index contributed by atoms with van der Waals surface area (Å²) >= 11 is 25.8. The van der Waals surface area contributed by atoms with Crippen LogP contribution in [0.5, 0.6) is 0 Å². The van der Waals surface area contributed by atoms with Crippen molar-refractivity contribution in [3.05, 3.63) is 79.4 Å². The molecule has 0 saturated carbocycles. The number of rotatable bonds is 5. The first-order chi connectivity index (χ1) is 14.5. The zero-order valence-electron chi connectivity index (χ0n) is 16.9. The molecule has 2 heterocycles. The maximum atomic E-state index is 6.47. The predicted molar refractivity (Wildman–Crippen MR) is 129 cm³/mol. The van der Waals surface area contributed by atoms with Crippen LogP contribution >= 0.6 is 46.4 Å². The van der Waals surface area contributed by atoms with E-state index in [9.17, 15) is 0 Å². The van der Waals surface area contributed by atoms with Gasteiger partial charge in [-0.3, -0.25) is 4.90 Å². The topological polar surface area (TPSA) is 6.48 Å². The lowest BCUT2D eigenvalue weighted by Crippen LogP contribution is -2.41. The van der Waals surface area contributed by atoms with Gasteiger partial charge in [-0.25, -0.2) is 0 Å². The van der Waals surface area contributed by atoms with Crippen LogP contribution < -0.4 is 0 Å². The maximum absolute atomic E-state index is 6.47. The van der Waals surface area contributed by atoms with Crippen molar-refractivity contribution in [3.8, 4) is 0 Å². The molecule has 1 fully saturated rings. The summed E-state index contributed by atoms with van der Waals surface area (Å²) in [5.41, 5.74) is 3.53. The van der Waals surface area contributed by atoms with Gasteiger partial charge in [-0.1, -0.05) is 65.0 Å². The number of piperidine rings is 1. The Morgan fingerprint density at radius 3 is 1.97 bits per heavy atom. The summed E-state index contributed by atoms with van der Waals surface area (Å²) in [6.07, 6.45) is 8.26. The van der Waals surface area contributed by atoms with Gasteiger partial charge in [0.1, 0.15) is 0 Å². The van der Waals surface area contributed by atoms with Gasteiger partial charge in [0.15, 0.2) is 0 Å². The van der Waals surface area contributed by atoms with Crippen LogP contribution in [0.2, 0.25) is 20.1 Å². The molecule has 1 atom stereocenters. The summed E-state index contributed by atoms with van der Waals surface area (Å²) in [5.74, 6) is 0. The lowest BCUT2D eigenvalue weighted by molar-refractivity contribution is 0.155. The van der Waals surface area contributed by atoms with E-state index in [0.29, 0.717) is 6.04 Å². The number of nitrogens with zero attached hydrogens (tertiary/aromatic N) is 2. The number of likely N-dealkylation sites (tertiary alicyclic amines) is 1. The van der Waals surface area contributed by atoms with Crippen LogP contribution in [-0.4, -0.2) is 28.9 Å². The molecule has 0 N–H and O–H groups in total. The minimum absolute atomic E-state index is 0.426. The third kappa shape index (κ3) is 5.11. The fourth-order valence-electron chi connectivity index (χ4n) is 4.60. The van der Waals surface area contributed by atoms with Crippen molar-refractivity contribution in [1.82, 2.24) is 9.80 Å². The monoisotopic (exact) mass is 482 g/mol. The molecule has 1 unspecified atom stereocenters. The molecule has 0 aromatic heterocycles. The normalized spacial score (nSPS) is 20.3. The van der Waals surface area contributed by atoms with Crippen LogP contribution in [0.25, 0.3) is 0 Å². The van der Waals surface area contributed by atoms with E-state index < -0.39 is 0 Å². The van der Waals surface area contributed by atoms with Gasteiger partial charge in [-0.15, -0.1) is 0 Å². The summed E-state index contributed by atoms with van der Waals surface area (Å²) in [4.78, 5) is 4.91. The molecule has 30 heavy (non-hydrogen) atoms. The number of hydrogen-bond acceptors (Lipinski definition) is 2. The van der Waals surface area contributed by atoms with Crippen molar-refractivity contribution in [2.24, 2.45) is 0 Å². The largest absolute Gasteiger partial charge is 0.373 e. The second-order valence-electron chi connectivity index (χ2n) is 8.16. The number of hydrogen-bond donors (Lipinski definition) is 0. The lowest BCUT2D eigenvalue weighted by atomic mass is 9.90. The van der Waals surface area contributed by atoms with Crippen LogP contribution in [0.1, 0.15) is 43.2 Å². The Morgan fingerprint density at radius 2 is 1.33 bits per heavy atom. The molecule has 0 amide bonds. The molecule has 6 heteroatoms. The molecule has 0 aliphatic carbocycles. The van der Waals surface area contributed by atoms with Gasteiger partial charge in [0.25, 0.3) is 0 Å². The molecular formula is C24H26Cl4N2. The van der Waals surface area contributed by atoms with E-state index in [0.717, 1.165) is 70.2 Å². The molecule has 0 radical (unpaired) electrons. The van der Waals surface area contributed by atoms with Gasteiger partial charge >= 0.3 is 0 Å². The summed E-state index contributed by atoms with van der Waals surface area (Å²) in [7, 11) is 0. The maximum Gasteiger partial charge on any atom is 0.0470 e. The second-order valence-corrected chi connectivity index (χ2v) is 9.79. The van der Waals surface area contributed by atoms with Gasteiger partial charge in [-0.05, 0) is 62.1 Å². The first-order valence-electron chi connectivity index (χ1n) is 10.6. The summed E-state index contributed by atoms with van der Waals surface area (Å²) in [6.45, 7) is 3.62. The third-order valence-corrected chi connectivity index (χ3v) is 7.56. The smallest absolute Gasteiger partial charge is 0.0470 e. The predicted octanol–water partition coefficient (Wildman–Crippen LogP) is 7.83. The average Bonchev–Trinajstić information content (AvgIpc) is 2.74. The standard InChI is InChI=1S/C24H26Cl4N2/c25-20-7-3-8-21(26)18(20)15-29-12-5-6-17(14-29)24-11-1-2-13-30(24)16-19-22(27)9-4-10-23(19)28/h3-4,7-10,14,24H,1-2,5-6,11-13,15-16H2. The van der Waals surface area contributed by atoms with Crippen molar-refractivity contribution in [3.63, 3.8) is 0 Å². The Morgan fingerprint density at radius 1 is 0.733 bits per heavy atom. The van der Waals surface area contributed by atoms with Gasteiger partial charge in [-0.2, -0.15) is 0 Å². The van der Waals surface area contributed by atoms with Crippen LogP contribution in [-0.2, 0) is 13.1 Å². The van der Waals surface area contributed by atoms with Gasteiger partial charge in [0.2, 0.25) is 0 Å². The van der Waals surface area contributed by atoms with Crippen molar-refractivity contribution < 1.29 is 0 Å². The summed E-state index contributed by atoms with van der Waals surface area (Å²) < 4.78 is 0. The van der Waals surface area contributed by atoms with Gasteiger partial charge < -0.3 is 4.90 Å². The number of halogens is 4. The SMILES string of the molecule is Clc1cccc(Cl)c1CN1C=C(C2CCCCN2Cc2c(Cl)cccc2Cl)CCC1. The molecule has 1 saturated heterocycles. The number of benzene rings is 2. The summed E-state index contributed by atoms with van der Waals surface area (Å²) in [6, 6.07) is 11.9. The average molecular weight is 484 g/mol. The van der Waals surface area contributed by atoms with Crippen LogP contribution in [0.3, 0.4) is 0 Å². The van der Waals surface area contributed by atoms with E-state index in [4.69, 9.17) is 46.4 Å². The van der Waals surface area contributed by atoms with Crippen molar-refractivity contribution in [2.75, 3.05) is 13.1 Å². The van der Waals surface area contributed by atoms with Crippen molar-refractivity contribution >= 4 is 46.4 Å². The third-order valence-electron chi connectivity index (χ3n) is 6.15. The summed E-state index contributed by atoms with van der Waals surface area (Å²) in [5, 5.41) is 2.96. The molecule has 2 aromatic carbocycles. The fourth-order valence-corrected chi connectivity index (χ4v) is 5.63. The van der Waals surface area contributed by atoms with E-state index in [2.05, 4.69) is 16.0 Å². The van der Waals surface area contributed by atoms with Crippen LogP contribution in [0, 0.1) is 0 Å². The van der Waals surface area contributed by atoms with E-state index >= 15 is 0 Å². The van der Waals surface area contributed by atoms with E-state index in [1.54, 1.807) is 0 Å². The Labute approximate surface area is 199 Å². The van der Waals surface area contributed by atoms with E-state index in [-0.39, 0.29) is 0 Å². The second kappa shape index (κ2) is 10.1. The van der Waals surface area contributed by atoms with Crippen molar-refractivity contribution in [1.29, 1.82) is 0 Å². The molecule has 2 aromatic rings. The quantitative estimate of drug-likeness (QED) is 0.427. The van der Waals surface area contributed by atoms with Gasteiger partial charge in [0, 0.05) is 63.1 Å². The first-order valence-corrected chi connectivity index (χ1v) is 12.1. The Hall–Kier alpha value is -0.900. The van der Waals surface area contributed by atoms with Crippen LogP contribution in [0.15, 0.2) is 48.2 Å². The molecule has 0 spiro atoms. The van der Waals surface area contributed by atoms with Crippen molar-refractivity contribution in [2.45, 2.75) is 51.2 Å². The highest BCUT2D eigenvalue weighted by molar-refractivity contribution is 6.36. The highest BCUT2D eigenvalue weighted by Crippen LogP contribution is 2.34. The zero-order valence-corrected chi connectivity index (χ0v) is 19.9. The Kier molecular flexibility index (Phi) is 7.54. The lowest BCUT2D eigenvalue weighted by Gasteiger charge is -2.40. The highest BCUT2D eigenvalue weighted by atomic mass is 35.5. The molecule has 4 rings (SSSR count). The molecule has 2 aliphatic rings. The molecule has 0 bridgehead atoms. The Bertz CT molecular complexity index is 887. The molecule has 160 valence electrons. The molecule has 2 nitrogen and oxygen atoms in total.